The molecular formula is C18H21N5O3S. The fourth-order valence-corrected chi connectivity index (χ4v) is 4.24. The maximum Gasteiger partial charge on any atom is 0.274 e. The zero-order valence-electron chi connectivity index (χ0n) is 15.1. The molecule has 0 radical (unpaired) electrons. The third-order valence-electron chi connectivity index (χ3n) is 4.64. The van der Waals surface area contributed by atoms with Gasteiger partial charge in [-0.15, -0.1) is 5.10 Å². The number of nitrogens with one attached hydrogen (secondary N) is 1. The van der Waals surface area contributed by atoms with Gasteiger partial charge < -0.3 is 14.6 Å². The van der Waals surface area contributed by atoms with E-state index < -0.39 is 5.56 Å². The van der Waals surface area contributed by atoms with E-state index in [1.807, 2.05) is 6.07 Å². The lowest BCUT2D eigenvalue weighted by Gasteiger charge is -2.30. The maximum atomic E-state index is 12.6. The number of piperidine rings is 1. The van der Waals surface area contributed by atoms with Crippen molar-refractivity contribution in [3.05, 3.63) is 46.3 Å². The molecule has 3 aromatic rings. The van der Waals surface area contributed by atoms with Crippen molar-refractivity contribution in [2.45, 2.75) is 26.2 Å². The van der Waals surface area contributed by atoms with E-state index in [-0.39, 0.29) is 11.6 Å². The van der Waals surface area contributed by atoms with Crippen LogP contribution in [0.15, 0.2) is 33.7 Å². The summed E-state index contributed by atoms with van der Waals surface area (Å²) in [5, 5.41) is 8.18. The molecule has 1 fully saturated rings. The second kappa shape index (κ2) is 7.51. The Labute approximate surface area is 159 Å². The van der Waals surface area contributed by atoms with Crippen molar-refractivity contribution in [3.63, 3.8) is 0 Å². The van der Waals surface area contributed by atoms with Gasteiger partial charge in [0.2, 0.25) is 10.1 Å². The van der Waals surface area contributed by atoms with Gasteiger partial charge >= 0.3 is 0 Å². The zero-order valence-corrected chi connectivity index (χ0v) is 15.9. The van der Waals surface area contributed by atoms with Crippen molar-refractivity contribution in [3.8, 4) is 0 Å². The summed E-state index contributed by atoms with van der Waals surface area (Å²) in [6.07, 6.45) is 4.50. The average Bonchev–Trinajstić information content (AvgIpc) is 3.30. The Hall–Kier alpha value is -2.68. The van der Waals surface area contributed by atoms with Crippen LogP contribution in [-0.2, 0) is 6.42 Å². The van der Waals surface area contributed by atoms with E-state index in [1.165, 1.54) is 28.3 Å². The average molecular weight is 387 g/mol. The number of hydrogen-bond donors (Lipinski definition) is 1. The zero-order chi connectivity index (χ0) is 18.8. The summed E-state index contributed by atoms with van der Waals surface area (Å²) in [6.45, 7) is 4.49. The van der Waals surface area contributed by atoms with Gasteiger partial charge in [-0.2, -0.15) is 9.50 Å². The highest BCUT2D eigenvalue weighted by Crippen LogP contribution is 2.27. The molecule has 1 unspecified atom stereocenters. The molecule has 4 heterocycles. The van der Waals surface area contributed by atoms with Crippen LogP contribution in [0.1, 0.15) is 36.0 Å². The number of aromatic nitrogens is 3. The molecule has 1 amide bonds. The quantitative estimate of drug-likeness (QED) is 0.719. The molecule has 142 valence electrons. The van der Waals surface area contributed by atoms with Gasteiger partial charge in [0.05, 0.1) is 6.26 Å². The molecule has 27 heavy (non-hydrogen) atoms. The lowest BCUT2D eigenvalue weighted by Crippen LogP contribution is -2.34. The molecule has 9 heteroatoms. The minimum absolute atomic E-state index is 0.206. The molecule has 1 atom stereocenters. The SMILES string of the molecule is CC1CCCN(c2nn3c(C(=O)NCCc4ccco4)cc(=O)nc3s2)C1. The Morgan fingerprint density at radius 2 is 2.37 bits per heavy atom. The summed E-state index contributed by atoms with van der Waals surface area (Å²) in [5.41, 5.74) is -0.231. The monoisotopic (exact) mass is 387 g/mol. The van der Waals surface area contributed by atoms with Crippen molar-refractivity contribution < 1.29 is 9.21 Å². The second-order valence-corrected chi connectivity index (χ2v) is 7.77. The van der Waals surface area contributed by atoms with E-state index in [0.717, 1.165) is 30.4 Å². The Morgan fingerprint density at radius 3 is 3.15 bits per heavy atom. The van der Waals surface area contributed by atoms with E-state index in [0.29, 0.717) is 23.8 Å². The van der Waals surface area contributed by atoms with Crippen molar-refractivity contribution in [1.29, 1.82) is 0 Å². The lowest BCUT2D eigenvalue weighted by molar-refractivity contribution is 0.0946. The van der Waals surface area contributed by atoms with Crippen LogP contribution in [0.2, 0.25) is 0 Å². The molecule has 1 aliphatic heterocycles. The molecule has 0 bridgehead atoms. The predicted octanol–water partition coefficient (Wildman–Crippen LogP) is 1.95. The highest BCUT2D eigenvalue weighted by atomic mass is 32.1. The fraction of sp³-hybridized carbons (Fsp3) is 0.444. The fourth-order valence-electron chi connectivity index (χ4n) is 3.30. The van der Waals surface area contributed by atoms with Gasteiger partial charge in [0.25, 0.3) is 11.5 Å². The molecule has 0 saturated carbocycles. The summed E-state index contributed by atoms with van der Waals surface area (Å²) in [5.74, 6) is 1.05. The van der Waals surface area contributed by atoms with Crippen LogP contribution in [0.3, 0.4) is 0 Å². The number of anilines is 1. The Balaban J connectivity index is 1.56. The minimum Gasteiger partial charge on any atom is -0.469 e. The number of furan rings is 1. The highest BCUT2D eigenvalue weighted by molar-refractivity contribution is 7.20. The molecule has 1 saturated heterocycles. The van der Waals surface area contributed by atoms with Crippen LogP contribution in [0.5, 0.6) is 0 Å². The largest absolute Gasteiger partial charge is 0.469 e. The molecular weight excluding hydrogens is 366 g/mol. The second-order valence-electron chi connectivity index (χ2n) is 6.84. The summed E-state index contributed by atoms with van der Waals surface area (Å²) in [7, 11) is 0. The van der Waals surface area contributed by atoms with Crippen molar-refractivity contribution in [2.24, 2.45) is 5.92 Å². The molecule has 4 rings (SSSR count). The van der Waals surface area contributed by atoms with E-state index in [9.17, 15) is 9.59 Å². The third kappa shape index (κ3) is 3.87. The number of nitrogens with zero attached hydrogens (tertiary/aromatic N) is 4. The molecule has 3 aromatic heterocycles. The summed E-state index contributed by atoms with van der Waals surface area (Å²) in [4.78, 5) is 31.2. The standard InChI is InChI=1S/C18H21N5O3S/c1-12-4-2-8-22(11-12)18-21-23-14(10-15(24)20-17(23)27-18)16(25)19-7-6-13-5-3-9-26-13/h3,5,9-10,12H,2,4,6-8,11H2,1H3,(H,19,25). The third-order valence-corrected chi connectivity index (χ3v) is 5.61. The number of rotatable bonds is 5. The number of fused-ring (bicyclic) bond motifs is 1. The Morgan fingerprint density at radius 1 is 1.48 bits per heavy atom. The van der Waals surface area contributed by atoms with E-state index in [4.69, 9.17) is 4.42 Å². The van der Waals surface area contributed by atoms with E-state index in [1.54, 1.807) is 12.3 Å². The van der Waals surface area contributed by atoms with Gasteiger partial charge in [-0.1, -0.05) is 18.3 Å². The van der Waals surface area contributed by atoms with Crippen LogP contribution in [0.4, 0.5) is 5.13 Å². The van der Waals surface area contributed by atoms with Crippen molar-refractivity contribution in [2.75, 3.05) is 24.5 Å². The normalized spacial score (nSPS) is 17.4. The van der Waals surface area contributed by atoms with Crippen LogP contribution >= 0.6 is 11.3 Å². The molecule has 8 nitrogen and oxygen atoms in total. The Bertz CT molecular complexity index is 994. The van der Waals surface area contributed by atoms with Crippen LogP contribution in [0, 0.1) is 5.92 Å². The van der Waals surface area contributed by atoms with Gasteiger partial charge in [0.15, 0.2) is 0 Å². The number of amides is 1. The van der Waals surface area contributed by atoms with Crippen molar-refractivity contribution >= 4 is 27.3 Å². The van der Waals surface area contributed by atoms with Gasteiger partial charge in [-0.25, -0.2) is 0 Å². The van der Waals surface area contributed by atoms with Gasteiger partial charge in [-0.3, -0.25) is 9.59 Å². The van der Waals surface area contributed by atoms with Gasteiger partial charge in [0.1, 0.15) is 11.5 Å². The molecule has 0 aliphatic carbocycles. The molecule has 0 aromatic carbocycles. The first-order valence-corrected chi connectivity index (χ1v) is 9.88. The van der Waals surface area contributed by atoms with E-state index >= 15 is 0 Å². The molecule has 1 aliphatic rings. The smallest absolute Gasteiger partial charge is 0.274 e. The van der Waals surface area contributed by atoms with Gasteiger partial charge in [0, 0.05) is 32.1 Å². The summed E-state index contributed by atoms with van der Waals surface area (Å²) in [6, 6.07) is 4.90. The summed E-state index contributed by atoms with van der Waals surface area (Å²) >= 11 is 1.35. The first kappa shape index (κ1) is 17.7. The lowest BCUT2D eigenvalue weighted by atomic mass is 10.0. The number of carbonyl (C=O) groups is 1. The Kier molecular flexibility index (Phi) is 4.93. The van der Waals surface area contributed by atoms with E-state index in [2.05, 4.69) is 27.2 Å². The predicted molar refractivity (Wildman–Crippen MR) is 102 cm³/mol. The first-order chi connectivity index (χ1) is 13.1. The van der Waals surface area contributed by atoms with Crippen molar-refractivity contribution in [1.82, 2.24) is 19.9 Å². The molecule has 0 spiro atoms. The first-order valence-electron chi connectivity index (χ1n) is 9.06. The summed E-state index contributed by atoms with van der Waals surface area (Å²) < 4.78 is 6.73. The molecule has 1 N–H and O–H groups in total. The van der Waals surface area contributed by atoms with Crippen LogP contribution in [0.25, 0.3) is 4.96 Å². The topological polar surface area (TPSA) is 92.7 Å². The highest BCUT2D eigenvalue weighted by Gasteiger charge is 2.22. The number of carbonyl (C=O) groups excluding carboxylic acids is 1. The van der Waals surface area contributed by atoms with Crippen LogP contribution in [-0.4, -0.2) is 40.1 Å². The number of hydrogen-bond acceptors (Lipinski definition) is 7. The van der Waals surface area contributed by atoms with Gasteiger partial charge in [-0.05, 0) is 30.9 Å². The van der Waals surface area contributed by atoms with Crippen LogP contribution < -0.4 is 15.8 Å². The maximum absolute atomic E-state index is 12.6. The minimum atomic E-state index is -0.437.